The first-order valence-corrected chi connectivity index (χ1v) is 9.94. The zero-order chi connectivity index (χ0) is 18.5. The van der Waals surface area contributed by atoms with E-state index in [1.807, 2.05) is 34.5 Å². The smallest absolute Gasteiger partial charge is 0.312 e. The number of nitrogens with one attached hydrogen (secondary N) is 1. The number of primary amides is 1. The maximum absolute atomic E-state index is 12.7. The average molecular weight is 438 g/mol. The second kappa shape index (κ2) is 8.50. The van der Waals surface area contributed by atoms with Gasteiger partial charge in [-0.2, -0.15) is 0 Å². The molecule has 3 rings (SSSR count). The lowest BCUT2D eigenvalue weighted by atomic mass is 10.0. The minimum Gasteiger partial charge on any atom is -0.352 e. The quantitative estimate of drug-likeness (QED) is 0.750. The summed E-state index contributed by atoms with van der Waals surface area (Å²) in [7, 11) is 0. The van der Waals surface area contributed by atoms with E-state index in [1.165, 1.54) is 0 Å². The SMILES string of the molecule is NC(=O)NC(CC(=O)N1CCN(c2nccs2)CC1)c1cccc(Br)c1. The Morgan fingerprint density at radius 2 is 2.08 bits per heavy atom. The molecule has 0 radical (unpaired) electrons. The third-order valence-electron chi connectivity index (χ3n) is 4.27. The van der Waals surface area contributed by atoms with Gasteiger partial charge in [0.25, 0.3) is 0 Å². The maximum atomic E-state index is 12.7. The number of halogens is 1. The summed E-state index contributed by atoms with van der Waals surface area (Å²) < 4.78 is 0.885. The van der Waals surface area contributed by atoms with Gasteiger partial charge in [-0.05, 0) is 17.7 Å². The van der Waals surface area contributed by atoms with E-state index in [4.69, 9.17) is 5.73 Å². The summed E-state index contributed by atoms with van der Waals surface area (Å²) >= 11 is 5.02. The summed E-state index contributed by atoms with van der Waals surface area (Å²) in [5.41, 5.74) is 6.14. The number of carbonyl (C=O) groups excluding carboxylic acids is 2. The van der Waals surface area contributed by atoms with Crippen molar-refractivity contribution in [2.75, 3.05) is 31.1 Å². The molecule has 3 amide bonds. The van der Waals surface area contributed by atoms with Gasteiger partial charge in [-0.25, -0.2) is 9.78 Å². The Balaban J connectivity index is 1.62. The van der Waals surface area contributed by atoms with Gasteiger partial charge in [-0.1, -0.05) is 28.1 Å². The molecule has 0 saturated carbocycles. The molecular formula is C17H20BrN5O2S. The van der Waals surface area contributed by atoms with Crippen LogP contribution in [0.1, 0.15) is 18.0 Å². The molecular weight excluding hydrogens is 418 g/mol. The molecule has 1 fully saturated rings. The first-order valence-electron chi connectivity index (χ1n) is 8.26. The van der Waals surface area contributed by atoms with Crippen LogP contribution < -0.4 is 16.0 Å². The monoisotopic (exact) mass is 437 g/mol. The number of aromatic nitrogens is 1. The van der Waals surface area contributed by atoms with Crippen LogP contribution in [0.5, 0.6) is 0 Å². The number of nitrogens with zero attached hydrogens (tertiary/aromatic N) is 3. The van der Waals surface area contributed by atoms with E-state index in [9.17, 15) is 9.59 Å². The van der Waals surface area contributed by atoms with Crippen LogP contribution in [0.3, 0.4) is 0 Å². The fourth-order valence-electron chi connectivity index (χ4n) is 2.97. The Kier molecular flexibility index (Phi) is 6.10. The van der Waals surface area contributed by atoms with Crippen LogP contribution in [-0.2, 0) is 4.79 Å². The lowest BCUT2D eigenvalue weighted by Crippen LogP contribution is -2.49. The molecule has 1 saturated heterocycles. The molecule has 138 valence electrons. The van der Waals surface area contributed by atoms with Gasteiger partial charge in [0.2, 0.25) is 5.91 Å². The van der Waals surface area contributed by atoms with Crippen LogP contribution in [0.15, 0.2) is 40.3 Å². The molecule has 1 aliphatic rings. The van der Waals surface area contributed by atoms with Crippen molar-refractivity contribution in [3.63, 3.8) is 0 Å². The van der Waals surface area contributed by atoms with Crippen LogP contribution in [0.4, 0.5) is 9.93 Å². The highest BCUT2D eigenvalue weighted by Gasteiger charge is 2.25. The van der Waals surface area contributed by atoms with E-state index >= 15 is 0 Å². The minimum atomic E-state index is -0.642. The van der Waals surface area contributed by atoms with Gasteiger partial charge >= 0.3 is 6.03 Å². The lowest BCUT2D eigenvalue weighted by Gasteiger charge is -2.35. The van der Waals surface area contributed by atoms with Crippen molar-refractivity contribution in [3.8, 4) is 0 Å². The standard InChI is InChI=1S/C17H20BrN5O2S/c18-13-3-1-2-12(10-13)14(21-16(19)25)11-15(24)22-5-7-23(8-6-22)17-20-4-9-26-17/h1-4,9-10,14H,5-8,11H2,(H3,19,21,25). The van der Waals surface area contributed by atoms with E-state index in [2.05, 4.69) is 31.1 Å². The molecule has 1 aromatic carbocycles. The van der Waals surface area contributed by atoms with Crippen molar-refractivity contribution in [1.29, 1.82) is 0 Å². The Bertz CT molecular complexity index is 762. The van der Waals surface area contributed by atoms with E-state index < -0.39 is 12.1 Å². The van der Waals surface area contributed by atoms with Crippen molar-refractivity contribution in [3.05, 3.63) is 45.9 Å². The van der Waals surface area contributed by atoms with Gasteiger partial charge in [0.05, 0.1) is 12.5 Å². The highest BCUT2D eigenvalue weighted by molar-refractivity contribution is 9.10. The van der Waals surface area contributed by atoms with Gasteiger partial charge in [0.15, 0.2) is 5.13 Å². The number of rotatable bonds is 5. The van der Waals surface area contributed by atoms with Crippen LogP contribution >= 0.6 is 27.3 Å². The van der Waals surface area contributed by atoms with Crippen molar-refractivity contribution >= 4 is 44.3 Å². The molecule has 1 aliphatic heterocycles. The predicted octanol–water partition coefficient (Wildman–Crippen LogP) is 2.35. The van der Waals surface area contributed by atoms with Crippen LogP contribution in [-0.4, -0.2) is 48.0 Å². The summed E-state index contributed by atoms with van der Waals surface area (Å²) in [5, 5.41) is 5.61. The molecule has 7 nitrogen and oxygen atoms in total. The van der Waals surface area contributed by atoms with E-state index in [0.717, 1.165) is 28.3 Å². The summed E-state index contributed by atoms with van der Waals surface area (Å²) in [4.78, 5) is 32.4. The van der Waals surface area contributed by atoms with Crippen molar-refractivity contribution in [2.45, 2.75) is 12.5 Å². The number of hydrogen-bond donors (Lipinski definition) is 2. The highest BCUT2D eigenvalue weighted by atomic mass is 79.9. The Morgan fingerprint density at radius 1 is 1.31 bits per heavy atom. The molecule has 9 heteroatoms. The number of nitrogens with two attached hydrogens (primary N) is 1. The van der Waals surface area contributed by atoms with Gasteiger partial charge in [0.1, 0.15) is 0 Å². The number of thiazole rings is 1. The first-order chi connectivity index (χ1) is 12.5. The first kappa shape index (κ1) is 18.7. The number of anilines is 1. The molecule has 1 unspecified atom stereocenters. The maximum Gasteiger partial charge on any atom is 0.312 e. The van der Waals surface area contributed by atoms with Crippen molar-refractivity contribution in [2.24, 2.45) is 5.73 Å². The van der Waals surface area contributed by atoms with Crippen LogP contribution in [0.2, 0.25) is 0 Å². The van der Waals surface area contributed by atoms with Gasteiger partial charge < -0.3 is 20.9 Å². The normalized spacial score (nSPS) is 15.6. The number of urea groups is 1. The zero-order valence-corrected chi connectivity index (χ0v) is 16.5. The molecule has 1 atom stereocenters. The largest absolute Gasteiger partial charge is 0.352 e. The number of piperazine rings is 1. The molecule has 3 N–H and O–H groups in total. The molecule has 2 heterocycles. The van der Waals surface area contributed by atoms with E-state index in [0.29, 0.717) is 13.1 Å². The molecule has 2 aromatic rings. The molecule has 26 heavy (non-hydrogen) atoms. The average Bonchev–Trinajstić information content (AvgIpc) is 3.15. The van der Waals surface area contributed by atoms with E-state index in [1.54, 1.807) is 17.5 Å². The topological polar surface area (TPSA) is 91.6 Å². The third-order valence-corrected chi connectivity index (χ3v) is 5.59. The molecule has 0 bridgehead atoms. The van der Waals surface area contributed by atoms with Crippen molar-refractivity contribution in [1.82, 2.24) is 15.2 Å². The summed E-state index contributed by atoms with van der Waals surface area (Å²) in [6, 6.07) is 6.43. The Hall–Kier alpha value is -2.13. The van der Waals surface area contributed by atoms with E-state index in [-0.39, 0.29) is 12.3 Å². The Morgan fingerprint density at radius 3 is 2.69 bits per heavy atom. The summed E-state index contributed by atoms with van der Waals surface area (Å²) in [6.07, 6.45) is 1.96. The zero-order valence-electron chi connectivity index (χ0n) is 14.1. The minimum absolute atomic E-state index is 0.00233. The van der Waals surface area contributed by atoms with Crippen molar-refractivity contribution < 1.29 is 9.59 Å². The van der Waals surface area contributed by atoms with Gasteiger partial charge in [-0.15, -0.1) is 11.3 Å². The number of amides is 3. The fraction of sp³-hybridized carbons (Fsp3) is 0.353. The summed E-state index contributed by atoms with van der Waals surface area (Å²) in [5.74, 6) is 0.00233. The molecule has 0 aliphatic carbocycles. The molecule has 0 spiro atoms. The number of benzene rings is 1. The lowest BCUT2D eigenvalue weighted by molar-refractivity contribution is -0.132. The van der Waals surface area contributed by atoms with Gasteiger partial charge in [0, 0.05) is 42.2 Å². The second-order valence-electron chi connectivity index (χ2n) is 6.00. The third kappa shape index (κ3) is 4.73. The van der Waals surface area contributed by atoms with Crippen LogP contribution in [0.25, 0.3) is 0 Å². The highest BCUT2D eigenvalue weighted by Crippen LogP contribution is 2.23. The predicted molar refractivity (Wildman–Crippen MR) is 105 cm³/mol. The van der Waals surface area contributed by atoms with Gasteiger partial charge in [-0.3, -0.25) is 4.79 Å². The van der Waals surface area contributed by atoms with Crippen LogP contribution in [0, 0.1) is 0 Å². The number of carbonyl (C=O) groups is 2. The Labute approximate surface area is 164 Å². The summed E-state index contributed by atoms with van der Waals surface area (Å²) in [6.45, 7) is 2.79. The molecule has 1 aromatic heterocycles. The fourth-order valence-corrected chi connectivity index (χ4v) is 4.08. The number of hydrogen-bond acceptors (Lipinski definition) is 5. The second-order valence-corrected chi connectivity index (χ2v) is 7.79.